The highest BCUT2D eigenvalue weighted by atomic mass is 79.9. The number of hydrogen-bond acceptors (Lipinski definition) is 4. The average molecular weight is 493 g/mol. The van der Waals surface area contributed by atoms with E-state index in [9.17, 15) is 9.59 Å². The fraction of sp³-hybridized carbons (Fsp3) is 0.240. The molecule has 0 saturated carbocycles. The third kappa shape index (κ3) is 3.68. The minimum absolute atomic E-state index is 0.0881. The van der Waals surface area contributed by atoms with Crippen molar-refractivity contribution in [1.82, 2.24) is 4.57 Å². The molecule has 0 fully saturated rings. The summed E-state index contributed by atoms with van der Waals surface area (Å²) in [6.07, 6.45) is 3.09. The Kier molecular flexibility index (Phi) is 4.94. The van der Waals surface area contributed by atoms with E-state index in [1.54, 1.807) is 4.57 Å². The van der Waals surface area contributed by atoms with Gasteiger partial charge in [-0.3, -0.25) is 14.2 Å². The van der Waals surface area contributed by atoms with Gasteiger partial charge < -0.3 is 0 Å². The third-order valence-corrected chi connectivity index (χ3v) is 7.23. The van der Waals surface area contributed by atoms with Crippen LogP contribution in [0.25, 0.3) is 6.08 Å². The molecule has 0 amide bonds. The zero-order valence-electron chi connectivity index (χ0n) is 17.3. The van der Waals surface area contributed by atoms with Crippen LogP contribution < -0.4 is 14.9 Å². The number of Topliss-reactive ketones (excluding diaryl/α,β-unsaturated/α-hetero) is 1. The lowest BCUT2D eigenvalue weighted by Crippen LogP contribution is -2.42. The number of nitrogens with zero attached hydrogens (tertiary/aromatic N) is 2. The summed E-state index contributed by atoms with van der Waals surface area (Å²) in [4.78, 5) is 32.3. The molecule has 2 heterocycles. The number of hydrogen-bond donors (Lipinski definition) is 0. The van der Waals surface area contributed by atoms with Crippen molar-refractivity contribution < 1.29 is 4.79 Å². The lowest BCUT2D eigenvalue weighted by atomic mass is 9.73. The van der Waals surface area contributed by atoms with E-state index >= 15 is 0 Å². The summed E-state index contributed by atoms with van der Waals surface area (Å²) in [6, 6.07) is 17.2. The molecule has 6 heteroatoms. The Morgan fingerprint density at radius 3 is 2.61 bits per heavy atom. The number of thiazole rings is 1. The van der Waals surface area contributed by atoms with Gasteiger partial charge in [-0.05, 0) is 41.2 Å². The quantitative estimate of drug-likeness (QED) is 0.533. The molecular weight excluding hydrogens is 472 g/mol. The molecule has 156 valence electrons. The SMILES string of the molecule is CC1(C)CC(=O)C2=C(C1)N=c1s/c(=C/c3cccc(Br)c3)c(=O)n1C2c1ccccc1. The van der Waals surface area contributed by atoms with Crippen molar-refractivity contribution in [2.24, 2.45) is 10.4 Å². The van der Waals surface area contributed by atoms with Crippen molar-refractivity contribution >= 4 is 39.1 Å². The molecule has 1 aliphatic carbocycles. The van der Waals surface area contributed by atoms with Gasteiger partial charge in [-0.1, -0.05) is 83.6 Å². The molecule has 3 aromatic rings. The molecular formula is C25H21BrN2O2S. The van der Waals surface area contributed by atoms with Crippen molar-refractivity contribution in [1.29, 1.82) is 0 Å². The summed E-state index contributed by atoms with van der Waals surface area (Å²) >= 11 is 4.87. The minimum Gasteiger partial charge on any atom is -0.294 e. The molecule has 1 aromatic heterocycles. The number of carbonyl (C=O) groups is 1. The van der Waals surface area contributed by atoms with Gasteiger partial charge in [0.1, 0.15) is 0 Å². The molecule has 5 rings (SSSR count). The highest BCUT2D eigenvalue weighted by Crippen LogP contribution is 2.43. The highest BCUT2D eigenvalue weighted by molar-refractivity contribution is 9.10. The Labute approximate surface area is 192 Å². The highest BCUT2D eigenvalue weighted by Gasteiger charge is 2.40. The first-order valence-corrected chi connectivity index (χ1v) is 11.8. The smallest absolute Gasteiger partial charge is 0.271 e. The summed E-state index contributed by atoms with van der Waals surface area (Å²) in [5, 5.41) is 0. The third-order valence-electron chi connectivity index (χ3n) is 5.76. The van der Waals surface area contributed by atoms with Crippen LogP contribution in [0, 0.1) is 5.41 Å². The molecule has 2 aromatic carbocycles. The van der Waals surface area contributed by atoms with E-state index in [-0.39, 0.29) is 16.8 Å². The number of allylic oxidation sites excluding steroid dienone is 2. The largest absolute Gasteiger partial charge is 0.294 e. The van der Waals surface area contributed by atoms with E-state index in [0.29, 0.717) is 21.3 Å². The number of rotatable bonds is 2. The molecule has 4 nitrogen and oxygen atoms in total. The van der Waals surface area contributed by atoms with Gasteiger partial charge in [-0.25, -0.2) is 4.99 Å². The number of benzene rings is 2. The predicted molar refractivity (Wildman–Crippen MR) is 127 cm³/mol. The maximum Gasteiger partial charge on any atom is 0.271 e. The normalized spacial score (nSPS) is 20.3. The first-order chi connectivity index (χ1) is 14.8. The molecule has 1 atom stereocenters. The van der Waals surface area contributed by atoms with Crippen molar-refractivity contribution in [3.63, 3.8) is 0 Å². The van der Waals surface area contributed by atoms with Crippen LogP contribution in [-0.4, -0.2) is 10.4 Å². The Morgan fingerprint density at radius 2 is 1.87 bits per heavy atom. The molecule has 1 unspecified atom stereocenters. The summed E-state index contributed by atoms with van der Waals surface area (Å²) in [7, 11) is 0. The second-order valence-electron chi connectivity index (χ2n) is 8.85. The molecule has 0 bridgehead atoms. The first kappa shape index (κ1) is 20.3. The van der Waals surface area contributed by atoms with Gasteiger partial charge in [0.2, 0.25) is 0 Å². The van der Waals surface area contributed by atoms with Gasteiger partial charge in [0.05, 0.1) is 16.3 Å². The van der Waals surface area contributed by atoms with Crippen molar-refractivity contribution in [3.8, 4) is 0 Å². The topological polar surface area (TPSA) is 51.4 Å². The van der Waals surface area contributed by atoms with E-state index in [0.717, 1.165) is 27.7 Å². The fourth-order valence-electron chi connectivity index (χ4n) is 4.45. The lowest BCUT2D eigenvalue weighted by molar-refractivity contribution is -0.118. The van der Waals surface area contributed by atoms with E-state index in [2.05, 4.69) is 29.8 Å². The van der Waals surface area contributed by atoms with Gasteiger partial charge in [-0.2, -0.15) is 0 Å². The van der Waals surface area contributed by atoms with E-state index in [1.165, 1.54) is 11.3 Å². The predicted octanol–water partition coefficient (Wildman–Crippen LogP) is 4.37. The van der Waals surface area contributed by atoms with Gasteiger partial charge >= 0.3 is 0 Å². The molecule has 31 heavy (non-hydrogen) atoms. The number of aromatic nitrogens is 1. The summed E-state index contributed by atoms with van der Waals surface area (Å²) in [5.74, 6) is 0.0881. The molecule has 0 spiro atoms. The Morgan fingerprint density at radius 1 is 1.10 bits per heavy atom. The summed E-state index contributed by atoms with van der Waals surface area (Å²) < 4.78 is 3.28. The number of halogens is 1. The van der Waals surface area contributed by atoms with Crippen molar-refractivity contribution in [2.45, 2.75) is 32.7 Å². The second-order valence-corrected chi connectivity index (χ2v) is 10.8. The number of carbonyl (C=O) groups excluding carboxylic acids is 1. The number of fused-ring (bicyclic) bond motifs is 1. The monoisotopic (exact) mass is 492 g/mol. The molecule has 0 N–H and O–H groups in total. The standard InChI is InChI=1S/C25H21BrN2O2S/c1-25(2)13-18-21(19(29)14-25)22(16-8-4-3-5-9-16)28-23(30)20(31-24(28)27-18)12-15-7-6-10-17(26)11-15/h3-12,22H,13-14H2,1-2H3/b20-12+. The average Bonchev–Trinajstić information content (AvgIpc) is 3.01. The van der Waals surface area contributed by atoms with Crippen LogP contribution in [0.3, 0.4) is 0 Å². The Bertz CT molecular complexity index is 1410. The fourth-order valence-corrected chi connectivity index (χ4v) is 5.88. The molecule has 0 radical (unpaired) electrons. The Hall–Kier alpha value is -2.57. The Balaban J connectivity index is 1.77. The summed E-state index contributed by atoms with van der Waals surface area (Å²) in [5.41, 5.74) is 3.13. The van der Waals surface area contributed by atoms with E-state index < -0.39 is 6.04 Å². The minimum atomic E-state index is -0.430. The van der Waals surface area contributed by atoms with Gasteiger partial charge in [0.25, 0.3) is 5.56 Å². The van der Waals surface area contributed by atoms with Crippen LogP contribution in [0.2, 0.25) is 0 Å². The van der Waals surface area contributed by atoms with Crippen LogP contribution >= 0.6 is 27.3 Å². The van der Waals surface area contributed by atoms with Crippen LogP contribution in [0.1, 0.15) is 43.9 Å². The zero-order chi connectivity index (χ0) is 21.8. The first-order valence-electron chi connectivity index (χ1n) is 10.2. The van der Waals surface area contributed by atoms with E-state index in [4.69, 9.17) is 4.99 Å². The lowest BCUT2D eigenvalue weighted by Gasteiger charge is -2.35. The molecule has 0 saturated heterocycles. The maximum atomic E-state index is 13.5. The van der Waals surface area contributed by atoms with Gasteiger partial charge in [0.15, 0.2) is 10.6 Å². The summed E-state index contributed by atoms with van der Waals surface area (Å²) in [6.45, 7) is 4.20. The van der Waals surface area contributed by atoms with Crippen LogP contribution in [-0.2, 0) is 4.79 Å². The van der Waals surface area contributed by atoms with Gasteiger partial charge in [-0.15, -0.1) is 0 Å². The van der Waals surface area contributed by atoms with Crippen molar-refractivity contribution in [2.75, 3.05) is 0 Å². The van der Waals surface area contributed by atoms with Crippen molar-refractivity contribution in [3.05, 3.63) is 101 Å². The van der Waals surface area contributed by atoms with Crippen LogP contribution in [0.4, 0.5) is 0 Å². The molecule has 1 aliphatic heterocycles. The van der Waals surface area contributed by atoms with Crippen LogP contribution in [0.15, 0.2) is 80.1 Å². The zero-order valence-corrected chi connectivity index (χ0v) is 19.7. The second kappa shape index (κ2) is 7.53. The van der Waals surface area contributed by atoms with Gasteiger partial charge in [0, 0.05) is 16.5 Å². The number of ketones is 1. The van der Waals surface area contributed by atoms with E-state index in [1.807, 2.05) is 60.7 Å². The van der Waals surface area contributed by atoms with Crippen LogP contribution in [0.5, 0.6) is 0 Å². The molecule has 2 aliphatic rings. The maximum absolute atomic E-state index is 13.5.